The van der Waals surface area contributed by atoms with Gasteiger partial charge in [0.1, 0.15) is 6.10 Å². The van der Waals surface area contributed by atoms with Crippen LogP contribution in [0.4, 0.5) is 0 Å². The van der Waals surface area contributed by atoms with Crippen molar-refractivity contribution in [2.75, 3.05) is 0 Å². The van der Waals surface area contributed by atoms with Crippen molar-refractivity contribution in [2.24, 2.45) is 0 Å². The quantitative estimate of drug-likeness (QED) is 0.869. The molecule has 0 unspecified atom stereocenters. The van der Waals surface area contributed by atoms with Crippen LogP contribution in [0.15, 0.2) is 60.7 Å². The van der Waals surface area contributed by atoms with Crippen LogP contribution in [0.5, 0.6) is 0 Å². The van der Waals surface area contributed by atoms with E-state index in [1.54, 1.807) is 12.1 Å². The number of carbonyl (C=O) groups excluding carboxylic acids is 1. The second-order valence-corrected chi connectivity index (χ2v) is 3.94. The first-order chi connectivity index (χ1) is 8.27. The molecule has 0 aliphatic rings. The van der Waals surface area contributed by atoms with E-state index in [9.17, 15) is 9.90 Å². The molecule has 86 valence electrons. The fourth-order valence-electron chi connectivity index (χ4n) is 1.71. The number of hydrogen-bond acceptors (Lipinski definition) is 2. The van der Waals surface area contributed by atoms with Crippen molar-refractivity contribution < 1.29 is 9.90 Å². The predicted octanol–water partition coefficient (Wildman–Crippen LogP) is 2.53. The van der Waals surface area contributed by atoms with Crippen LogP contribution in [-0.4, -0.2) is 10.9 Å². The maximum Gasteiger partial charge on any atom is 0.170 e. The second kappa shape index (κ2) is 5.41. The molecule has 0 heterocycles. The van der Waals surface area contributed by atoms with Gasteiger partial charge in [0.2, 0.25) is 0 Å². The van der Waals surface area contributed by atoms with Gasteiger partial charge in [0, 0.05) is 6.42 Å². The zero-order chi connectivity index (χ0) is 12.1. The van der Waals surface area contributed by atoms with Gasteiger partial charge in [-0.05, 0) is 11.1 Å². The Kier molecular flexibility index (Phi) is 3.68. The lowest BCUT2D eigenvalue weighted by molar-refractivity contribution is -0.126. The summed E-state index contributed by atoms with van der Waals surface area (Å²) in [6, 6.07) is 18.4. The van der Waals surface area contributed by atoms with Crippen molar-refractivity contribution >= 4 is 5.78 Å². The van der Waals surface area contributed by atoms with Crippen LogP contribution in [0.25, 0.3) is 0 Å². The largest absolute Gasteiger partial charge is 0.381 e. The Morgan fingerprint density at radius 1 is 0.941 bits per heavy atom. The Bertz CT molecular complexity index is 477. The number of hydrogen-bond donors (Lipinski definition) is 1. The van der Waals surface area contributed by atoms with Crippen LogP contribution < -0.4 is 0 Å². The van der Waals surface area contributed by atoms with E-state index >= 15 is 0 Å². The topological polar surface area (TPSA) is 37.3 Å². The molecule has 17 heavy (non-hydrogen) atoms. The molecule has 2 nitrogen and oxygen atoms in total. The van der Waals surface area contributed by atoms with E-state index in [1.807, 2.05) is 48.5 Å². The smallest absolute Gasteiger partial charge is 0.170 e. The minimum absolute atomic E-state index is 0.178. The van der Waals surface area contributed by atoms with E-state index in [0.29, 0.717) is 5.56 Å². The number of aliphatic hydroxyl groups is 1. The molecular weight excluding hydrogens is 212 g/mol. The average molecular weight is 226 g/mol. The molecule has 2 rings (SSSR count). The molecule has 0 radical (unpaired) electrons. The van der Waals surface area contributed by atoms with Gasteiger partial charge in [0.05, 0.1) is 0 Å². The molecular formula is C15H14O2. The molecule has 0 saturated heterocycles. The van der Waals surface area contributed by atoms with Crippen LogP contribution >= 0.6 is 0 Å². The van der Waals surface area contributed by atoms with Crippen LogP contribution in [0.2, 0.25) is 0 Å². The van der Waals surface area contributed by atoms with Crippen molar-refractivity contribution in [3.63, 3.8) is 0 Å². The summed E-state index contributed by atoms with van der Waals surface area (Å²) in [6.45, 7) is 0. The highest BCUT2D eigenvalue weighted by atomic mass is 16.3. The molecule has 0 aliphatic heterocycles. The Morgan fingerprint density at radius 2 is 1.47 bits per heavy atom. The third kappa shape index (κ3) is 3.02. The fourth-order valence-corrected chi connectivity index (χ4v) is 1.71. The lowest BCUT2D eigenvalue weighted by Gasteiger charge is -2.09. The molecule has 0 amide bonds. The summed E-state index contributed by atoms with van der Waals surface area (Å²) in [5.41, 5.74) is 1.57. The zero-order valence-electron chi connectivity index (χ0n) is 9.41. The number of ketones is 1. The highest BCUT2D eigenvalue weighted by Crippen LogP contribution is 2.15. The highest BCUT2D eigenvalue weighted by molar-refractivity contribution is 5.86. The minimum atomic E-state index is -1.03. The summed E-state index contributed by atoms with van der Waals surface area (Å²) >= 11 is 0. The molecule has 0 aliphatic carbocycles. The molecule has 1 N–H and O–H groups in total. The standard InChI is InChI=1S/C15H14O2/c16-14(11-12-7-3-1-4-8-12)15(17)13-9-5-2-6-10-13/h1-10,15,17H,11H2/t15-/m0/s1. The number of aliphatic hydroxyl groups excluding tert-OH is 1. The SMILES string of the molecule is O=C(Cc1ccccc1)[C@@H](O)c1ccccc1. The maximum absolute atomic E-state index is 11.9. The first kappa shape index (κ1) is 11.6. The predicted molar refractivity (Wildman–Crippen MR) is 66.6 cm³/mol. The van der Waals surface area contributed by atoms with E-state index in [-0.39, 0.29) is 12.2 Å². The summed E-state index contributed by atoms with van der Waals surface area (Å²) in [7, 11) is 0. The van der Waals surface area contributed by atoms with E-state index in [2.05, 4.69) is 0 Å². The molecule has 2 aromatic rings. The van der Waals surface area contributed by atoms with Gasteiger partial charge in [-0.15, -0.1) is 0 Å². The molecule has 1 atom stereocenters. The third-order valence-electron chi connectivity index (χ3n) is 2.64. The summed E-state index contributed by atoms with van der Waals surface area (Å²) in [6.07, 6.45) is -0.770. The van der Waals surface area contributed by atoms with Crippen LogP contribution in [-0.2, 0) is 11.2 Å². The van der Waals surface area contributed by atoms with Crippen molar-refractivity contribution in [1.82, 2.24) is 0 Å². The Balaban J connectivity index is 2.06. The summed E-state index contributed by atoms with van der Waals surface area (Å²) < 4.78 is 0. The van der Waals surface area contributed by atoms with E-state index in [1.165, 1.54) is 0 Å². The Labute approximate surface area is 101 Å². The number of benzene rings is 2. The van der Waals surface area contributed by atoms with Gasteiger partial charge in [-0.2, -0.15) is 0 Å². The number of Topliss-reactive ketones (excluding diaryl/α,β-unsaturated/α-hetero) is 1. The number of rotatable bonds is 4. The van der Waals surface area contributed by atoms with Crippen molar-refractivity contribution in [3.8, 4) is 0 Å². The molecule has 0 fully saturated rings. The van der Waals surface area contributed by atoms with Gasteiger partial charge < -0.3 is 5.11 Å². The van der Waals surface area contributed by atoms with Gasteiger partial charge in [0.25, 0.3) is 0 Å². The lowest BCUT2D eigenvalue weighted by atomic mass is 10.0. The van der Waals surface area contributed by atoms with Crippen molar-refractivity contribution in [3.05, 3.63) is 71.8 Å². The average Bonchev–Trinajstić information content (AvgIpc) is 2.40. The summed E-state index contributed by atoms with van der Waals surface area (Å²) in [5.74, 6) is -0.178. The van der Waals surface area contributed by atoms with Gasteiger partial charge in [-0.1, -0.05) is 60.7 Å². The van der Waals surface area contributed by atoms with Gasteiger partial charge in [-0.25, -0.2) is 0 Å². The normalized spacial score (nSPS) is 12.1. The zero-order valence-corrected chi connectivity index (χ0v) is 9.41. The Hall–Kier alpha value is -1.93. The lowest BCUT2D eigenvalue weighted by Crippen LogP contribution is -2.14. The van der Waals surface area contributed by atoms with Gasteiger partial charge >= 0.3 is 0 Å². The first-order valence-corrected chi connectivity index (χ1v) is 5.57. The van der Waals surface area contributed by atoms with E-state index in [4.69, 9.17) is 0 Å². The highest BCUT2D eigenvalue weighted by Gasteiger charge is 2.16. The molecule has 2 aromatic carbocycles. The second-order valence-electron chi connectivity index (χ2n) is 3.94. The minimum Gasteiger partial charge on any atom is -0.381 e. The van der Waals surface area contributed by atoms with Crippen molar-refractivity contribution in [1.29, 1.82) is 0 Å². The molecule has 0 saturated carbocycles. The molecule has 0 spiro atoms. The molecule has 0 aromatic heterocycles. The van der Waals surface area contributed by atoms with Gasteiger partial charge in [-0.3, -0.25) is 4.79 Å². The van der Waals surface area contributed by atoms with Crippen LogP contribution in [0.1, 0.15) is 17.2 Å². The van der Waals surface area contributed by atoms with Crippen LogP contribution in [0.3, 0.4) is 0 Å². The fraction of sp³-hybridized carbons (Fsp3) is 0.133. The maximum atomic E-state index is 11.9. The Morgan fingerprint density at radius 3 is 2.06 bits per heavy atom. The first-order valence-electron chi connectivity index (χ1n) is 5.57. The summed E-state index contributed by atoms with van der Waals surface area (Å²) in [4.78, 5) is 11.9. The van der Waals surface area contributed by atoms with E-state index in [0.717, 1.165) is 5.56 Å². The number of carbonyl (C=O) groups is 1. The molecule has 0 bridgehead atoms. The molecule has 2 heteroatoms. The third-order valence-corrected chi connectivity index (χ3v) is 2.64. The van der Waals surface area contributed by atoms with Gasteiger partial charge in [0.15, 0.2) is 5.78 Å². The monoisotopic (exact) mass is 226 g/mol. The van der Waals surface area contributed by atoms with Crippen molar-refractivity contribution in [2.45, 2.75) is 12.5 Å². The van der Waals surface area contributed by atoms with E-state index < -0.39 is 6.10 Å². The van der Waals surface area contributed by atoms with Crippen LogP contribution in [0, 0.1) is 0 Å². The summed E-state index contributed by atoms with van der Waals surface area (Å²) in [5, 5.41) is 9.90.